The molecule has 0 aliphatic heterocycles. The Morgan fingerprint density at radius 2 is 0.940 bits per heavy atom. The smallest absolute Gasteiger partial charge is 0.135 e. The molecule has 11 rings (SSSR count). The van der Waals surface area contributed by atoms with Gasteiger partial charge in [-0.15, -0.1) is 0 Å². The first-order valence-electron chi connectivity index (χ1n) is 17.5. The average Bonchev–Trinajstić information content (AvgIpc) is 3.84. The molecule has 2 heteroatoms. The molecule has 0 fully saturated rings. The van der Waals surface area contributed by atoms with Crippen LogP contribution < -0.4 is 4.90 Å². The summed E-state index contributed by atoms with van der Waals surface area (Å²) in [4.78, 5) is 2.43. The van der Waals surface area contributed by atoms with Gasteiger partial charge >= 0.3 is 0 Å². The van der Waals surface area contributed by atoms with Crippen molar-refractivity contribution >= 4 is 28.0 Å². The highest BCUT2D eigenvalue weighted by Crippen LogP contribution is 2.65. The lowest BCUT2D eigenvalue weighted by atomic mass is 9.73. The van der Waals surface area contributed by atoms with Crippen molar-refractivity contribution in [1.82, 2.24) is 0 Å². The predicted molar refractivity (Wildman–Crippen MR) is 205 cm³/mol. The second-order valence-corrected chi connectivity index (χ2v) is 14.4. The number of rotatable bonds is 3. The Hall–Kier alpha value is -6.12. The van der Waals surface area contributed by atoms with Crippen LogP contribution in [0.4, 0.5) is 17.1 Å². The zero-order valence-electron chi connectivity index (χ0n) is 27.9. The number of anilines is 3. The molecule has 0 amide bonds. The van der Waals surface area contributed by atoms with E-state index < -0.39 is 5.41 Å². The van der Waals surface area contributed by atoms with Crippen LogP contribution in [0.2, 0.25) is 0 Å². The Morgan fingerprint density at radius 3 is 1.68 bits per heavy atom. The molecular formula is C48H33NO. The molecule has 50 heavy (non-hydrogen) atoms. The van der Waals surface area contributed by atoms with Crippen LogP contribution in [0.25, 0.3) is 44.3 Å². The standard InChI is InChI=1S/C48H33NO/c1-47(2)39-20-10-6-16-33(39)35-26-24-31(28-42(35)47)49(30-14-4-3-5-15-30)32-25-27-36-34-17-7-11-21-40(34)48(43(36)29-32)41-22-12-8-18-37(41)45-38-19-9-13-23-44(38)50-46(45)48/h3-29H,1-2H3. The minimum absolute atomic E-state index is 0.0980. The van der Waals surface area contributed by atoms with Gasteiger partial charge in [-0.3, -0.25) is 0 Å². The minimum atomic E-state index is -0.573. The lowest BCUT2D eigenvalue weighted by molar-refractivity contribution is 0.507. The van der Waals surface area contributed by atoms with Crippen molar-refractivity contribution in [1.29, 1.82) is 0 Å². The third-order valence-electron chi connectivity index (χ3n) is 11.7. The lowest BCUT2D eigenvalue weighted by Gasteiger charge is -2.31. The van der Waals surface area contributed by atoms with Crippen LogP contribution >= 0.6 is 0 Å². The summed E-state index contributed by atoms with van der Waals surface area (Å²) in [6, 6.07) is 60.1. The average molecular weight is 640 g/mol. The molecule has 7 aromatic carbocycles. The van der Waals surface area contributed by atoms with Crippen molar-refractivity contribution in [3.63, 3.8) is 0 Å². The van der Waals surface area contributed by atoms with E-state index in [1.807, 2.05) is 0 Å². The maximum atomic E-state index is 7.00. The first kappa shape index (κ1) is 27.8. The fraction of sp³-hybridized carbons (Fsp3) is 0.0833. The van der Waals surface area contributed by atoms with E-state index in [0.29, 0.717) is 0 Å². The Morgan fingerprint density at radius 1 is 0.420 bits per heavy atom. The number of furan rings is 1. The summed E-state index contributed by atoms with van der Waals surface area (Å²) in [5.41, 5.74) is 17.9. The summed E-state index contributed by atoms with van der Waals surface area (Å²) in [6.07, 6.45) is 0. The van der Waals surface area contributed by atoms with Crippen molar-refractivity contribution in [2.24, 2.45) is 0 Å². The summed E-state index contributed by atoms with van der Waals surface area (Å²) >= 11 is 0. The SMILES string of the molecule is CC1(C)c2ccccc2-c2ccc(N(c3ccccc3)c3ccc4c(c3)C3(c5ccccc5-4)c4ccccc4-c4c3oc3ccccc43)cc21. The molecule has 3 aliphatic carbocycles. The van der Waals surface area contributed by atoms with Crippen molar-refractivity contribution in [2.75, 3.05) is 4.90 Å². The topological polar surface area (TPSA) is 16.4 Å². The fourth-order valence-electron chi connectivity index (χ4n) is 9.52. The number of nitrogens with zero attached hydrogens (tertiary/aromatic N) is 1. The van der Waals surface area contributed by atoms with Gasteiger partial charge in [0.2, 0.25) is 0 Å². The predicted octanol–water partition coefficient (Wildman–Crippen LogP) is 12.6. The van der Waals surface area contributed by atoms with Gasteiger partial charge in [0.25, 0.3) is 0 Å². The van der Waals surface area contributed by atoms with E-state index in [9.17, 15) is 0 Å². The Labute approximate surface area is 291 Å². The molecule has 1 atom stereocenters. The van der Waals surface area contributed by atoms with Crippen LogP contribution in [0.1, 0.15) is 47.4 Å². The third-order valence-corrected chi connectivity index (χ3v) is 11.7. The summed E-state index contributed by atoms with van der Waals surface area (Å²) in [7, 11) is 0. The van der Waals surface area contributed by atoms with Crippen LogP contribution in [0.3, 0.4) is 0 Å². The summed E-state index contributed by atoms with van der Waals surface area (Å²) < 4.78 is 7.00. The van der Waals surface area contributed by atoms with Crippen LogP contribution in [-0.2, 0) is 10.8 Å². The van der Waals surface area contributed by atoms with Crippen LogP contribution in [0, 0.1) is 0 Å². The lowest BCUT2D eigenvalue weighted by Crippen LogP contribution is -2.26. The van der Waals surface area contributed by atoms with Crippen molar-refractivity contribution in [3.05, 3.63) is 197 Å². The maximum absolute atomic E-state index is 7.00. The number of benzene rings is 7. The molecule has 236 valence electrons. The van der Waals surface area contributed by atoms with Crippen LogP contribution in [0.5, 0.6) is 0 Å². The highest BCUT2D eigenvalue weighted by atomic mass is 16.3. The Kier molecular flexibility index (Phi) is 5.41. The quantitative estimate of drug-likeness (QED) is 0.191. The van der Waals surface area contributed by atoms with Crippen LogP contribution in [0.15, 0.2) is 168 Å². The molecule has 1 heterocycles. The van der Waals surface area contributed by atoms with Crippen molar-refractivity contribution in [2.45, 2.75) is 24.7 Å². The number of para-hydroxylation sites is 2. The molecule has 3 aliphatic rings. The highest BCUT2D eigenvalue weighted by molar-refractivity contribution is 6.04. The molecule has 0 saturated heterocycles. The molecule has 0 bridgehead atoms. The normalized spacial score (nSPS) is 16.8. The van der Waals surface area contributed by atoms with Gasteiger partial charge in [-0.05, 0) is 98.1 Å². The molecule has 0 radical (unpaired) electrons. The Bertz CT molecular complexity index is 2700. The van der Waals surface area contributed by atoms with E-state index in [4.69, 9.17) is 4.42 Å². The van der Waals surface area contributed by atoms with Gasteiger partial charge in [-0.25, -0.2) is 0 Å². The second kappa shape index (κ2) is 9.74. The number of hydrogen-bond acceptors (Lipinski definition) is 2. The zero-order chi connectivity index (χ0) is 33.2. The second-order valence-electron chi connectivity index (χ2n) is 14.4. The van der Waals surface area contributed by atoms with Gasteiger partial charge in [0.15, 0.2) is 0 Å². The minimum Gasteiger partial charge on any atom is -0.459 e. The van der Waals surface area contributed by atoms with E-state index >= 15 is 0 Å². The molecule has 1 unspecified atom stereocenters. The number of fused-ring (bicyclic) bond motifs is 15. The van der Waals surface area contributed by atoms with Crippen LogP contribution in [-0.4, -0.2) is 0 Å². The van der Waals surface area contributed by atoms with E-state index in [0.717, 1.165) is 28.4 Å². The highest BCUT2D eigenvalue weighted by Gasteiger charge is 2.55. The van der Waals surface area contributed by atoms with Gasteiger partial charge in [-0.2, -0.15) is 0 Å². The van der Waals surface area contributed by atoms with Gasteiger partial charge in [-0.1, -0.05) is 135 Å². The summed E-state index contributed by atoms with van der Waals surface area (Å²) in [5.74, 6) is 1.02. The van der Waals surface area contributed by atoms with E-state index in [1.165, 1.54) is 66.6 Å². The van der Waals surface area contributed by atoms with Crippen molar-refractivity contribution in [3.8, 4) is 33.4 Å². The first-order valence-corrected chi connectivity index (χ1v) is 17.5. The Balaban J connectivity index is 1.18. The molecule has 2 nitrogen and oxygen atoms in total. The van der Waals surface area contributed by atoms with E-state index in [-0.39, 0.29) is 5.41 Å². The van der Waals surface area contributed by atoms with Gasteiger partial charge in [0.05, 0.1) is 0 Å². The third kappa shape index (κ3) is 3.38. The monoisotopic (exact) mass is 639 g/mol. The van der Waals surface area contributed by atoms with E-state index in [1.54, 1.807) is 0 Å². The number of hydrogen-bond donors (Lipinski definition) is 0. The summed E-state index contributed by atoms with van der Waals surface area (Å²) in [5, 5.41) is 1.17. The summed E-state index contributed by atoms with van der Waals surface area (Å²) in [6.45, 7) is 4.71. The molecule has 0 N–H and O–H groups in total. The molecule has 0 saturated carbocycles. The van der Waals surface area contributed by atoms with Gasteiger partial charge in [0.1, 0.15) is 16.8 Å². The molecule has 1 spiro atoms. The largest absolute Gasteiger partial charge is 0.459 e. The zero-order valence-corrected chi connectivity index (χ0v) is 27.9. The molecule has 1 aromatic heterocycles. The fourth-order valence-corrected chi connectivity index (χ4v) is 9.52. The van der Waals surface area contributed by atoms with E-state index in [2.05, 4.69) is 183 Å². The molecule has 8 aromatic rings. The molecular weight excluding hydrogens is 607 g/mol. The van der Waals surface area contributed by atoms with Gasteiger partial charge < -0.3 is 9.32 Å². The maximum Gasteiger partial charge on any atom is 0.135 e. The van der Waals surface area contributed by atoms with Crippen molar-refractivity contribution < 1.29 is 4.42 Å². The van der Waals surface area contributed by atoms with Gasteiger partial charge in [0, 0.05) is 33.4 Å². The first-order chi connectivity index (χ1) is 24.6.